The number of ether oxygens (including phenoxy) is 1. The van der Waals surface area contributed by atoms with E-state index in [1.807, 2.05) is 60.2 Å². The highest BCUT2D eigenvalue weighted by Gasteiger charge is 2.12. The van der Waals surface area contributed by atoms with Gasteiger partial charge in [0.15, 0.2) is 5.82 Å². The SMILES string of the molecule is Cc1ccc(OCCCn2cccc2/C=C(/C#N)C(=O)Nc2cc(C)on2)cc1. The number of rotatable bonds is 8. The van der Waals surface area contributed by atoms with Crippen LogP contribution in [0.15, 0.2) is 58.8 Å². The first-order valence-electron chi connectivity index (χ1n) is 9.26. The largest absolute Gasteiger partial charge is 0.494 e. The highest BCUT2D eigenvalue weighted by Crippen LogP contribution is 2.14. The maximum absolute atomic E-state index is 12.3. The summed E-state index contributed by atoms with van der Waals surface area (Å²) in [7, 11) is 0. The summed E-state index contributed by atoms with van der Waals surface area (Å²) >= 11 is 0. The van der Waals surface area contributed by atoms with Crippen LogP contribution >= 0.6 is 0 Å². The Morgan fingerprint density at radius 2 is 2.10 bits per heavy atom. The Bertz CT molecular complexity index is 1040. The van der Waals surface area contributed by atoms with Crippen LogP contribution in [0.2, 0.25) is 0 Å². The molecule has 0 aliphatic rings. The van der Waals surface area contributed by atoms with Crippen LogP contribution in [0.3, 0.4) is 0 Å². The van der Waals surface area contributed by atoms with Gasteiger partial charge < -0.3 is 19.1 Å². The maximum atomic E-state index is 12.3. The van der Waals surface area contributed by atoms with Crippen LogP contribution in [-0.4, -0.2) is 22.2 Å². The topological polar surface area (TPSA) is 93.1 Å². The van der Waals surface area contributed by atoms with E-state index in [0.29, 0.717) is 18.9 Å². The molecule has 3 rings (SSSR count). The molecule has 1 aromatic carbocycles. The number of aromatic nitrogens is 2. The van der Waals surface area contributed by atoms with Crippen molar-refractivity contribution in [3.63, 3.8) is 0 Å². The minimum atomic E-state index is -0.531. The first-order chi connectivity index (χ1) is 14.0. The molecule has 0 aliphatic carbocycles. The minimum Gasteiger partial charge on any atom is -0.494 e. The van der Waals surface area contributed by atoms with Gasteiger partial charge in [0.1, 0.15) is 23.2 Å². The van der Waals surface area contributed by atoms with Crippen LogP contribution in [-0.2, 0) is 11.3 Å². The fourth-order valence-corrected chi connectivity index (χ4v) is 2.73. The fraction of sp³-hybridized carbons (Fsp3) is 0.227. The van der Waals surface area contributed by atoms with E-state index >= 15 is 0 Å². The molecule has 29 heavy (non-hydrogen) atoms. The van der Waals surface area contributed by atoms with Crippen molar-refractivity contribution in [2.45, 2.75) is 26.8 Å². The molecule has 0 fully saturated rings. The van der Waals surface area contributed by atoms with E-state index in [1.165, 1.54) is 5.56 Å². The number of anilines is 1. The smallest absolute Gasteiger partial charge is 0.267 e. The monoisotopic (exact) mass is 390 g/mol. The molecule has 1 N–H and O–H groups in total. The average Bonchev–Trinajstić information content (AvgIpc) is 3.33. The second kappa shape index (κ2) is 9.42. The molecule has 2 heterocycles. The molecule has 2 aromatic heterocycles. The van der Waals surface area contributed by atoms with Gasteiger partial charge in [-0.2, -0.15) is 5.26 Å². The third-order valence-electron chi connectivity index (χ3n) is 4.22. The van der Waals surface area contributed by atoms with Crippen molar-refractivity contribution in [3.05, 3.63) is 71.3 Å². The van der Waals surface area contributed by atoms with Crippen LogP contribution in [0, 0.1) is 25.2 Å². The summed E-state index contributed by atoms with van der Waals surface area (Å²) in [4.78, 5) is 12.3. The summed E-state index contributed by atoms with van der Waals surface area (Å²) in [5.41, 5.74) is 1.95. The standard InChI is InChI=1S/C22H22N4O3/c1-16-6-8-20(9-7-16)28-12-4-11-26-10-3-5-19(26)14-18(15-23)22(27)24-21-13-17(2)29-25-21/h3,5-10,13-14H,4,11-12H2,1-2H3,(H,24,25,27)/b18-14-. The highest BCUT2D eigenvalue weighted by molar-refractivity contribution is 6.09. The second-order valence-electron chi connectivity index (χ2n) is 6.59. The quantitative estimate of drug-likeness (QED) is 0.355. The zero-order chi connectivity index (χ0) is 20.6. The molecule has 3 aromatic rings. The Balaban J connectivity index is 1.58. The van der Waals surface area contributed by atoms with E-state index in [1.54, 1.807) is 19.1 Å². The lowest BCUT2D eigenvalue weighted by atomic mass is 10.2. The van der Waals surface area contributed by atoms with Crippen LogP contribution < -0.4 is 10.1 Å². The second-order valence-corrected chi connectivity index (χ2v) is 6.59. The van der Waals surface area contributed by atoms with E-state index < -0.39 is 5.91 Å². The van der Waals surface area contributed by atoms with Gasteiger partial charge >= 0.3 is 0 Å². The Labute approximate surface area is 169 Å². The minimum absolute atomic E-state index is 0.0125. The lowest BCUT2D eigenvalue weighted by molar-refractivity contribution is -0.112. The first-order valence-corrected chi connectivity index (χ1v) is 9.26. The molecule has 0 radical (unpaired) electrons. The summed E-state index contributed by atoms with van der Waals surface area (Å²) in [5, 5.41) is 15.6. The fourth-order valence-electron chi connectivity index (χ4n) is 2.73. The molecule has 0 atom stereocenters. The Kier molecular flexibility index (Phi) is 6.48. The predicted molar refractivity (Wildman–Crippen MR) is 109 cm³/mol. The Morgan fingerprint density at radius 3 is 2.79 bits per heavy atom. The number of hydrogen-bond donors (Lipinski definition) is 1. The van der Waals surface area contributed by atoms with Gasteiger partial charge in [-0.15, -0.1) is 0 Å². The van der Waals surface area contributed by atoms with E-state index in [9.17, 15) is 10.1 Å². The van der Waals surface area contributed by atoms with Gasteiger partial charge in [0, 0.05) is 24.5 Å². The number of hydrogen-bond acceptors (Lipinski definition) is 5. The van der Waals surface area contributed by atoms with E-state index in [4.69, 9.17) is 9.26 Å². The summed E-state index contributed by atoms with van der Waals surface area (Å²) in [6.07, 6.45) is 4.25. The number of benzene rings is 1. The van der Waals surface area contributed by atoms with E-state index in [-0.39, 0.29) is 11.4 Å². The first kappa shape index (κ1) is 20.0. The molecule has 0 spiro atoms. The number of nitrogens with zero attached hydrogens (tertiary/aromatic N) is 3. The predicted octanol–water partition coefficient (Wildman–Crippen LogP) is 4.11. The third kappa shape index (κ3) is 5.59. The van der Waals surface area contributed by atoms with Gasteiger partial charge in [-0.05, 0) is 50.6 Å². The summed E-state index contributed by atoms with van der Waals surface area (Å²) in [6.45, 7) is 5.03. The molecule has 7 heteroatoms. The maximum Gasteiger partial charge on any atom is 0.267 e. The van der Waals surface area contributed by atoms with Gasteiger partial charge in [0.25, 0.3) is 5.91 Å². The number of nitrogens with one attached hydrogen (secondary N) is 1. The molecule has 0 bridgehead atoms. The molecule has 1 amide bonds. The third-order valence-corrected chi connectivity index (χ3v) is 4.22. The van der Waals surface area contributed by atoms with Crippen molar-refractivity contribution in [3.8, 4) is 11.8 Å². The number of aryl methyl sites for hydroxylation is 3. The zero-order valence-electron chi connectivity index (χ0n) is 16.4. The highest BCUT2D eigenvalue weighted by atomic mass is 16.5. The molecule has 0 unspecified atom stereocenters. The van der Waals surface area contributed by atoms with Crippen LogP contribution in [0.5, 0.6) is 5.75 Å². The molecular weight excluding hydrogens is 368 g/mol. The summed E-state index contributed by atoms with van der Waals surface area (Å²) < 4.78 is 12.6. The van der Waals surface area contributed by atoms with Crippen LogP contribution in [0.1, 0.15) is 23.4 Å². The van der Waals surface area contributed by atoms with Gasteiger partial charge in [0.2, 0.25) is 0 Å². The van der Waals surface area contributed by atoms with E-state index in [0.717, 1.165) is 17.9 Å². The van der Waals surface area contributed by atoms with Crippen molar-refractivity contribution in [2.24, 2.45) is 0 Å². The van der Waals surface area contributed by atoms with Crippen LogP contribution in [0.25, 0.3) is 6.08 Å². The molecule has 0 aliphatic heterocycles. The molecule has 148 valence electrons. The number of carbonyl (C=O) groups excluding carboxylic acids is 1. The lowest BCUT2D eigenvalue weighted by Crippen LogP contribution is -2.14. The van der Waals surface area contributed by atoms with Crippen molar-refractivity contribution in [2.75, 3.05) is 11.9 Å². The molecular formula is C22H22N4O3. The Hall–Kier alpha value is -3.79. The molecule has 0 saturated heterocycles. The van der Waals surface area contributed by atoms with Crippen molar-refractivity contribution >= 4 is 17.8 Å². The normalized spacial score (nSPS) is 11.1. The number of nitriles is 1. The average molecular weight is 390 g/mol. The van der Waals surface area contributed by atoms with Gasteiger partial charge in [0.05, 0.1) is 6.61 Å². The Morgan fingerprint density at radius 1 is 1.31 bits per heavy atom. The van der Waals surface area contributed by atoms with Crippen LogP contribution in [0.4, 0.5) is 5.82 Å². The summed E-state index contributed by atoms with van der Waals surface area (Å²) in [5.74, 6) is 1.16. The van der Waals surface area contributed by atoms with Gasteiger partial charge in [-0.25, -0.2) is 0 Å². The molecule has 7 nitrogen and oxygen atoms in total. The summed E-state index contributed by atoms with van der Waals surface area (Å²) in [6, 6.07) is 15.2. The lowest BCUT2D eigenvalue weighted by Gasteiger charge is -2.09. The van der Waals surface area contributed by atoms with Gasteiger partial charge in [-0.1, -0.05) is 22.9 Å². The van der Waals surface area contributed by atoms with Crippen molar-refractivity contribution in [1.82, 2.24) is 9.72 Å². The van der Waals surface area contributed by atoms with Gasteiger partial charge in [-0.3, -0.25) is 4.79 Å². The van der Waals surface area contributed by atoms with Crippen molar-refractivity contribution in [1.29, 1.82) is 5.26 Å². The van der Waals surface area contributed by atoms with E-state index in [2.05, 4.69) is 10.5 Å². The number of carbonyl (C=O) groups is 1. The zero-order valence-corrected chi connectivity index (χ0v) is 16.4. The van der Waals surface area contributed by atoms with Crippen molar-refractivity contribution < 1.29 is 14.1 Å². The number of amides is 1. The molecule has 0 saturated carbocycles.